The summed E-state index contributed by atoms with van der Waals surface area (Å²) in [5.41, 5.74) is 2.83. The summed E-state index contributed by atoms with van der Waals surface area (Å²) >= 11 is 0. The summed E-state index contributed by atoms with van der Waals surface area (Å²) in [5, 5.41) is 34.4. The lowest BCUT2D eigenvalue weighted by atomic mass is 10.1. The largest absolute Gasteiger partial charge is 0.495 e. The molecule has 0 aromatic heterocycles. The Bertz CT molecular complexity index is 1900. The van der Waals surface area contributed by atoms with Crippen LogP contribution in [0.3, 0.4) is 0 Å². The van der Waals surface area contributed by atoms with Crippen LogP contribution in [0.25, 0.3) is 0 Å². The van der Waals surface area contributed by atoms with Crippen molar-refractivity contribution in [3.8, 4) is 23.6 Å². The van der Waals surface area contributed by atoms with E-state index in [1.807, 2.05) is 12.1 Å². The number of nitrogens with zero attached hydrogens (tertiary/aromatic N) is 2. The number of methoxy groups -OCH3 is 2. The molecule has 2 heterocycles. The standard InChI is InChI=1S/2C19H19FN4O3/c2*1-26-17-5-2-12(10-21)8-16(17)24-19(25)23-15-4-3-13(9-14(15)20)18-11-22-6-7-27-18/h2*2-5,8-9,18,22H,6-7,11H2,1H3,(H2,23,24,25)/t2*18-/m10/s1. The molecule has 54 heavy (non-hydrogen) atoms. The third-order valence-corrected chi connectivity index (χ3v) is 8.24. The van der Waals surface area contributed by atoms with Crippen molar-refractivity contribution < 1.29 is 37.3 Å². The SMILES string of the molecule is COc1ccc(C#N)cc1NC(=O)Nc1ccc([C@@H]2CNCCO2)cc1F.COc1ccc(C#N)cc1NC(=O)Nc1ccc([C@H]2CNCCO2)cc1F. The van der Waals surface area contributed by atoms with Crippen LogP contribution in [-0.2, 0) is 9.47 Å². The van der Waals surface area contributed by atoms with E-state index in [4.69, 9.17) is 29.5 Å². The highest BCUT2D eigenvalue weighted by atomic mass is 19.1. The predicted molar refractivity (Wildman–Crippen MR) is 197 cm³/mol. The quantitative estimate of drug-likeness (QED) is 0.125. The second-order valence-electron chi connectivity index (χ2n) is 11.8. The fourth-order valence-electron chi connectivity index (χ4n) is 5.53. The maximum atomic E-state index is 14.4. The minimum Gasteiger partial charge on any atom is -0.495 e. The highest BCUT2D eigenvalue weighted by Crippen LogP contribution is 2.29. The average molecular weight is 741 g/mol. The van der Waals surface area contributed by atoms with Crippen LogP contribution in [0, 0.1) is 34.3 Å². The molecule has 0 spiro atoms. The lowest BCUT2D eigenvalue weighted by Gasteiger charge is -2.24. The summed E-state index contributed by atoms with van der Waals surface area (Å²) < 4.78 is 50.3. The number of amides is 4. The van der Waals surface area contributed by atoms with Gasteiger partial charge in [0.2, 0.25) is 0 Å². The lowest BCUT2D eigenvalue weighted by Crippen LogP contribution is -2.33. The Labute approximate surface area is 310 Å². The van der Waals surface area contributed by atoms with Gasteiger partial charge in [-0.25, -0.2) is 18.4 Å². The molecule has 4 aromatic rings. The van der Waals surface area contributed by atoms with Gasteiger partial charge in [-0.3, -0.25) is 0 Å². The van der Waals surface area contributed by atoms with Gasteiger partial charge < -0.3 is 50.8 Å². The third-order valence-electron chi connectivity index (χ3n) is 8.24. The van der Waals surface area contributed by atoms with E-state index in [1.165, 1.54) is 50.6 Å². The first kappa shape index (κ1) is 38.9. The Morgan fingerprint density at radius 2 is 1.06 bits per heavy atom. The fraction of sp³-hybridized carbons (Fsp3) is 0.263. The van der Waals surface area contributed by atoms with E-state index in [0.29, 0.717) is 71.4 Å². The summed E-state index contributed by atoms with van der Waals surface area (Å²) in [6.07, 6.45) is -0.428. The molecule has 6 N–H and O–H groups in total. The van der Waals surface area contributed by atoms with E-state index in [1.54, 1.807) is 36.4 Å². The molecular formula is C38H38F2N8O6. The second-order valence-corrected chi connectivity index (χ2v) is 11.8. The zero-order chi connectivity index (χ0) is 38.5. The fourth-order valence-corrected chi connectivity index (χ4v) is 5.53. The Balaban J connectivity index is 0.000000208. The number of hydrogen-bond acceptors (Lipinski definition) is 10. The van der Waals surface area contributed by atoms with Crippen molar-refractivity contribution in [2.75, 3.05) is 74.9 Å². The number of carbonyl (C=O) groups is 2. The summed E-state index contributed by atoms with van der Waals surface area (Å²) in [5.74, 6) is -0.340. The molecule has 280 valence electrons. The van der Waals surface area contributed by atoms with Gasteiger partial charge in [0.1, 0.15) is 23.1 Å². The van der Waals surface area contributed by atoms with Crippen molar-refractivity contribution in [3.05, 3.63) is 107 Å². The number of nitrogens with one attached hydrogen (secondary N) is 6. The van der Waals surface area contributed by atoms with E-state index in [0.717, 1.165) is 13.1 Å². The van der Waals surface area contributed by atoms with Crippen molar-refractivity contribution in [2.45, 2.75) is 12.2 Å². The number of ether oxygens (including phenoxy) is 4. The van der Waals surface area contributed by atoms with Crippen LogP contribution in [0.5, 0.6) is 11.5 Å². The minimum absolute atomic E-state index is 0.0374. The molecule has 2 fully saturated rings. The predicted octanol–water partition coefficient (Wildman–Crippen LogP) is 6.02. The molecule has 0 saturated carbocycles. The first-order chi connectivity index (χ1) is 26.2. The summed E-state index contributed by atoms with van der Waals surface area (Å²) in [6.45, 7) is 3.91. The smallest absolute Gasteiger partial charge is 0.323 e. The highest BCUT2D eigenvalue weighted by Gasteiger charge is 2.20. The van der Waals surface area contributed by atoms with Gasteiger partial charge in [-0.2, -0.15) is 10.5 Å². The van der Waals surface area contributed by atoms with Crippen LogP contribution in [-0.4, -0.2) is 65.7 Å². The van der Waals surface area contributed by atoms with Crippen LogP contribution in [0.1, 0.15) is 34.5 Å². The van der Waals surface area contributed by atoms with Crippen LogP contribution in [0.15, 0.2) is 72.8 Å². The number of hydrogen-bond donors (Lipinski definition) is 6. The van der Waals surface area contributed by atoms with Gasteiger partial charge in [0.25, 0.3) is 0 Å². The van der Waals surface area contributed by atoms with Gasteiger partial charge in [0.05, 0.1) is 85.7 Å². The normalized spacial score (nSPS) is 16.3. The summed E-state index contributed by atoms with van der Waals surface area (Å²) in [7, 11) is 2.90. The van der Waals surface area contributed by atoms with Crippen LogP contribution in [0.2, 0.25) is 0 Å². The monoisotopic (exact) mass is 740 g/mol. The zero-order valence-electron chi connectivity index (χ0n) is 29.4. The highest BCUT2D eigenvalue weighted by molar-refractivity contribution is 6.01. The molecule has 2 atom stereocenters. The van der Waals surface area contributed by atoms with E-state index in [9.17, 15) is 18.4 Å². The molecule has 0 radical (unpaired) electrons. The molecule has 6 rings (SSSR count). The third kappa shape index (κ3) is 10.4. The first-order valence-corrected chi connectivity index (χ1v) is 16.8. The summed E-state index contributed by atoms with van der Waals surface area (Å²) in [6, 6.07) is 21.0. The molecule has 0 unspecified atom stereocenters. The Hall–Kier alpha value is -6.30. The molecular weight excluding hydrogens is 702 g/mol. The van der Waals surface area contributed by atoms with Crippen LogP contribution >= 0.6 is 0 Å². The Morgan fingerprint density at radius 3 is 1.39 bits per heavy atom. The van der Waals surface area contributed by atoms with Gasteiger partial charge >= 0.3 is 12.1 Å². The number of nitriles is 2. The zero-order valence-corrected chi connectivity index (χ0v) is 29.4. The second kappa shape index (κ2) is 19.0. The number of benzene rings is 4. The number of halogens is 2. The molecule has 0 aliphatic carbocycles. The maximum absolute atomic E-state index is 14.4. The van der Waals surface area contributed by atoms with Crippen molar-refractivity contribution in [1.29, 1.82) is 10.5 Å². The number of morpholine rings is 2. The topological polar surface area (TPSA) is 191 Å². The van der Waals surface area contributed by atoms with Crippen molar-refractivity contribution in [3.63, 3.8) is 0 Å². The van der Waals surface area contributed by atoms with Gasteiger partial charge in [-0.05, 0) is 71.8 Å². The van der Waals surface area contributed by atoms with E-state index in [2.05, 4.69) is 31.9 Å². The molecule has 0 bridgehead atoms. The van der Waals surface area contributed by atoms with Gasteiger partial charge in [-0.15, -0.1) is 0 Å². The molecule has 14 nitrogen and oxygen atoms in total. The maximum Gasteiger partial charge on any atom is 0.323 e. The van der Waals surface area contributed by atoms with Gasteiger partial charge in [0, 0.05) is 26.2 Å². The van der Waals surface area contributed by atoms with E-state index >= 15 is 0 Å². The molecule has 4 aromatic carbocycles. The minimum atomic E-state index is -0.648. The van der Waals surface area contributed by atoms with Crippen LogP contribution < -0.4 is 41.4 Å². The Kier molecular flexibility index (Phi) is 13.7. The number of anilines is 4. The molecule has 2 aliphatic rings. The van der Waals surface area contributed by atoms with Crippen molar-refractivity contribution in [2.24, 2.45) is 0 Å². The lowest BCUT2D eigenvalue weighted by molar-refractivity contribution is 0.0275. The van der Waals surface area contributed by atoms with Crippen molar-refractivity contribution >= 4 is 34.8 Å². The van der Waals surface area contributed by atoms with E-state index in [-0.39, 0.29) is 23.6 Å². The van der Waals surface area contributed by atoms with Gasteiger partial charge in [0.15, 0.2) is 0 Å². The molecule has 16 heteroatoms. The Morgan fingerprint density at radius 1 is 0.648 bits per heavy atom. The summed E-state index contributed by atoms with van der Waals surface area (Å²) in [4.78, 5) is 24.5. The van der Waals surface area contributed by atoms with Gasteiger partial charge in [-0.1, -0.05) is 12.1 Å². The number of rotatable bonds is 8. The molecule has 2 aliphatic heterocycles. The molecule has 2 saturated heterocycles. The first-order valence-electron chi connectivity index (χ1n) is 16.8. The van der Waals surface area contributed by atoms with E-state index < -0.39 is 23.7 Å². The molecule has 4 amide bonds. The average Bonchev–Trinajstić information content (AvgIpc) is 3.20. The number of urea groups is 2. The van der Waals surface area contributed by atoms with Crippen LogP contribution in [0.4, 0.5) is 41.1 Å². The van der Waals surface area contributed by atoms with Crippen molar-refractivity contribution in [1.82, 2.24) is 10.6 Å². The number of carbonyl (C=O) groups excluding carboxylic acids is 2.